The maximum atomic E-state index is 6.03. The van der Waals surface area contributed by atoms with Gasteiger partial charge in [0, 0.05) is 24.7 Å². The Kier molecular flexibility index (Phi) is 3.09. The highest BCUT2D eigenvalue weighted by atomic mass is 15.3. The van der Waals surface area contributed by atoms with Gasteiger partial charge in [-0.25, -0.2) is 0 Å². The van der Waals surface area contributed by atoms with Crippen LogP contribution in [0.3, 0.4) is 0 Å². The van der Waals surface area contributed by atoms with Gasteiger partial charge in [0.05, 0.1) is 0 Å². The lowest BCUT2D eigenvalue weighted by molar-refractivity contribution is 0.0542. The molecule has 0 spiro atoms. The van der Waals surface area contributed by atoms with E-state index >= 15 is 0 Å². The lowest BCUT2D eigenvalue weighted by Crippen LogP contribution is -2.56. The summed E-state index contributed by atoms with van der Waals surface area (Å²) in [6.45, 7) is 9.09. The second kappa shape index (κ2) is 4.06. The van der Waals surface area contributed by atoms with Crippen LogP contribution in [-0.4, -0.2) is 29.6 Å². The molecule has 2 saturated carbocycles. The van der Waals surface area contributed by atoms with Gasteiger partial charge in [0.25, 0.3) is 0 Å². The van der Waals surface area contributed by atoms with Crippen molar-refractivity contribution in [3.8, 4) is 0 Å². The Hall–Kier alpha value is -0.0800. The highest BCUT2D eigenvalue weighted by Gasteiger charge is 2.44. The molecule has 0 aromatic heterocycles. The molecule has 0 amide bonds. The minimum absolute atomic E-state index is 0.226. The summed E-state index contributed by atoms with van der Waals surface area (Å²) in [7, 11) is 0. The lowest BCUT2D eigenvalue weighted by Gasteiger charge is -2.44. The molecule has 0 bridgehead atoms. The number of nitrogens with two attached hydrogens (primary N) is 1. The SMILES string of the molecule is CC(C)C(C)(CN)N(CC1CC1)C1CC1. The standard InChI is InChI=1S/C13H26N2/c1-10(2)13(3,9-14)15(12-6-7-12)8-11-4-5-11/h10-12H,4-9,14H2,1-3H3. The molecule has 0 aliphatic heterocycles. The lowest BCUT2D eigenvalue weighted by atomic mass is 9.86. The van der Waals surface area contributed by atoms with E-state index in [4.69, 9.17) is 5.73 Å². The molecule has 0 heterocycles. The highest BCUT2D eigenvalue weighted by molar-refractivity contribution is 5.00. The van der Waals surface area contributed by atoms with Crippen molar-refractivity contribution in [1.29, 1.82) is 0 Å². The van der Waals surface area contributed by atoms with Crippen LogP contribution in [0.25, 0.3) is 0 Å². The van der Waals surface area contributed by atoms with Gasteiger partial charge < -0.3 is 5.73 Å². The molecule has 0 saturated heterocycles. The van der Waals surface area contributed by atoms with Gasteiger partial charge in [-0.05, 0) is 44.4 Å². The molecule has 0 radical (unpaired) electrons. The fraction of sp³-hybridized carbons (Fsp3) is 1.00. The molecule has 0 aromatic rings. The van der Waals surface area contributed by atoms with E-state index in [1.54, 1.807) is 0 Å². The summed E-state index contributed by atoms with van der Waals surface area (Å²) in [6.07, 6.45) is 5.69. The summed E-state index contributed by atoms with van der Waals surface area (Å²) in [4.78, 5) is 2.73. The Morgan fingerprint density at radius 1 is 1.27 bits per heavy atom. The van der Waals surface area contributed by atoms with Crippen molar-refractivity contribution in [2.45, 2.75) is 58.0 Å². The molecule has 0 aromatic carbocycles. The Morgan fingerprint density at radius 3 is 2.20 bits per heavy atom. The third-order valence-corrected chi connectivity index (χ3v) is 4.45. The Morgan fingerprint density at radius 2 is 1.87 bits per heavy atom. The van der Waals surface area contributed by atoms with Gasteiger partial charge in [-0.2, -0.15) is 0 Å². The molecule has 2 aliphatic carbocycles. The van der Waals surface area contributed by atoms with Crippen molar-refractivity contribution in [2.24, 2.45) is 17.6 Å². The quantitative estimate of drug-likeness (QED) is 0.728. The largest absolute Gasteiger partial charge is 0.329 e. The predicted octanol–water partition coefficient (Wildman–Crippen LogP) is 2.23. The van der Waals surface area contributed by atoms with Crippen LogP contribution < -0.4 is 5.73 Å². The van der Waals surface area contributed by atoms with Gasteiger partial charge in [0.15, 0.2) is 0 Å². The van der Waals surface area contributed by atoms with Crippen LogP contribution in [0.1, 0.15) is 46.5 Å². The van der Waals surface area contributed by atoms with Crippen LogP contribution in [0.2, 0.25) is 0 Å². The Labute approximate surface area is 94.2 Å². The van der Waals surface area contributed by atoms with E-state index in [1.165, 1.54) is 32.2 Å². The average molecular weight is 210 g/mol. The van der Waals surface area contributed by atoms with Gasteiger partial charge in [-0.3, -0.25) is 4.90 Å². The topological polar surface area (TPSA) is 29.3 Å². The molecule has 2 nitrogen and oxygen atoms in total. The van der Waals surface area contributed by atoms with E-state index in [1.807, 2.05) is 0 Å². The summed E-state index contributed by atoms with van der Waals surface area (Å²) in [5.41, 5.74) is 6.25. The second-order valence-corrected chi connectivity index (χ2v) is 6.04. The van der Waals surface area contributed by atoms with Crippen LogP contribution >= 0.6 is 0 Å². The zero-order valence-electron chi connectivity index (χ0n) is 10.5. The maximum absolute atomic E-state index is 6.03. The summed E-state index contributed by atoms with van der Waals surface area (Å²) >= 11 is 0. The Bertz CT molecular complexity index is 219. The minimum atomic E-state index is 0.226. The normalized spacial score (nSPS) is 26.0. The molecule has 1 atom stereocenters. The first-order chi connectivity index (χ1) is 7.08. The molecule has 2 fully saturated rings. The smallest absolute Gasteiger partial charge is 0.0329 e. The monoisotopic (exact) mass is 210 g/mol. The van der Waals surface area contributed by atoms with Gasteiger partial charge in [-0.1, -0.05) is 13.8 Å². The van der Waals surface area contributed by atoms with Crippen molar-refractivity contribution in [2.75, 3.05) is 13.1 Å². The van der Waals surface area contributed by atoms with Crippen LogP contribution in [-0.2, 0) is 0 Å². The zero-order valence-corrected chi connectivity index (χ0v) is 10.5. The molecule has 2 heteroatoms. The fourth-order valence-corrected chi connectivity index (χ4v) is 2.42. The van der Waals surface area contributed by atoms with Crippen LogP contribution in [0.15, 0.2) is 0 Å². The number of rotatable bonds is 6. The predicted molar refractivity (Wildman–Crippen MR) is 64.7 cm³/mol. The van der Waals surface area contributed by atoms with Gasteiger partial charge in [0.1, 0.15) is 0 Å². The van der Waals surface area contributed by atoms with Crippen LogP contribution in [0.5, 0.6) is 0 Å². The molecule has 2 N–H and O–H groups in total. The first kappa shape index (κ1) is 11.4. The zero-order chi connectivity index (χ0) is 11.1. The summed E-state index contributed by atoms with van der Waals surface area (Å²) in [5, 5.41) is 0. The van der Waals surface area contributed by atoms with Crippen molar-refractivity contribution in [3.63, 3.8) is 0 Å². The van der Waals surface area contributed by atoms with E-state index in [-0.39, 0.29) is 5.54 Å². The summed E-state index contributed by atoms with van der Waals surface area (Å²) < 4.78 is 0. The second-order valence-electron chi connectivity index (χ2n) is 6.04. The first-order valence-corrected chi connectivity index (χ1v) is 6.54. The maximum Gasteiger partial charge on any atom is 0.0329 e. The first-order valence-electron chi connectivity index (χ1n) is 6.54. The fourth-order valence-electron chi connectivity index (χ4n) is 2.42. The van der Waals surface area contributed by atoms with Crippen molar-refractivity contribution in [3.05, 3.63) is 0 Å². The highest BCUT2D eigenvalue weighted by Crippen LogP contribution is 2.40. The molecule has 88 valence electrons. The third kappa shape index (κ3) is 2.36. The number of hydrogen-bond acceptors (Lipinski definition) is 2. The Balaban J connectivity index is 2.05. The molecule has 2 rings (SSSR count). The summed E-state index contributed by atoms with van der Waals surface area (Å²) in [6, 6.07) is 0.849. The van der Waals surface area contributed by atoms with E-state index < -0.39 is 0 Å². The van der Waals surface area contributed by atoms with Gasteiger partial charge in [0.2, 0.25) is 0 Å². The molecular weight excluding hydrogens is 184 g/mol. The van der Waals surface area contributed by atoms with Crippen molar-refractivity contribution >= 4 is 0 Å². The number of hydrogen-bond donors (Lipinski definition) is 1. The van der Waals surface area contributed by atoms with Crippen LogP contribution in [0.4, 0.5) is 0 Å². The van der Waals surface area contributed by atoms with E-state index in [0.29, 0.717) is 5.92 Å². The van der Waals surface area contributed by atoms with Crippen molar-refractivity contribution < 1.29 is 0 Å². The van der Waals surface area contributed by atoms with E-state index in [2.05, 4.69) is 25.7 Å². The molecular formula is C13H26N2. The number of nitrogens with zero attached hydrogens (tertiary/aromatic N) is 1. The molecule has 2 aliphatic rings. The van der Waals surface area contributed by atoms with Crippen LogP contribution in [0, 0.1) is 11.8 Å². The third-order valence-electron chi connectivity index (χ3n) is 4.45. The minimum Gasteiger partial charge on any atom is -0.329 e. The van der Waals surface area contributed by atoms with E-state index in [0.717, 1.165) is 18.5 Å². The van der Waals surface area contributed by atoms with Gasteiger partial charge >= 0.3 is 0 Å². The molecule has 15 heavy (non-hydrogen) atoms. The molecule has 1 unspecified atom stereocenters. The van der Waals surface area contributed by atoms with Crippen molar-refractivity contribution in [1.82, 2.24) is 4.90 Å². The summed E-state index contributed by atoms with van der Waals surface area (Å²) in [5.74, 6) is 1.64. The van der Waals surface area contributed by atoms with Gasteiger partial charge in [-0.15, -0.1) is 0 Å². The average Bonchev–Trinajstić information content (AvgIpc) is 3.01. The van der Waals surface area contributed by atoms with E-state index in [9.17, 15) is 0 Å².